The number of nitrogens with zero attached hydrogens (tertiary/aromatic N) is 3. The average Bonchev–Trinajstić information content (AvgIpc) is 4.12. The summed E-state index contributed by atoms with van der Waals surface area (Å²) in [5.41, 5.74) is 31.4. The number of halogens is 1. The van der Waals surface area contributed by atoms with Gasteiger partial charge in [-0.15, -0.1) is 0 Å². The fourth-order valence-corrected chi connectivity index (χ4v) is 12.1. The molecule has 0 bridgehead atoms. The fraction of sp³-hybridized carbons (Fsp3) is 0.804. The van der Waals surface area contributed by atoms with Crippen LogP contribution in [0.4, 0.5) is 10.1 Å². The molecular weight excluding hydrogens is 952 g/mol. The number of unbranched alkanes of at least 4 members (excludes halogenated alkanes) is 9. The van der Waals surface area contributed by atoms with Gasteiger partial charge in [-0.2, -0.15) is 0 Å². The predicted octanol–water partition coefficient (Wildman–Crippen LogP) is 0.726. The molecule has 0 spiro atoms. The summed E-state index contributed by atoms with van der Waals surface area (Å²) in [5.74, 6) is -1.21. The van der Waals surface area contributed by atoms with E-state index in [0.29, 0.717) is 42.6 Å². The van der Waals surface area contributed by atoms with Crippen molar-refractivity contribution < 1.29 is 63.1 Å². The highest BCUT2D eigenvalue weighted by Crippen LogP contribution is 2.46. The second kappa shape index (κ2) is 25.3. The second-order valence-electron chi connectivity index (χ2n) is 21.5. The Bertz CT molecular complexity index is 2190. The normalized spacial score (nSPS) is 35.1. The topological polar surface area (TPSA) is 332 Å². The number of piperidine rings is 1. The summed E-state index contributed by atoms with van der Waals surface area (Å²) < 4.78 is 54.8. The molecule has 6 aliphatic rings. The lowest BCUT2D eigenvalue weighted by molar-refractivity contribution is -0.318. The van der Waals surface area contributed by atoms with Crippen molar-refractivity contribution in [3.8, 4) is 5.75 Å². The number of ether oxygens (including phenoxy) is 6. The number of methoxy groups -OCH3 is 1. The second-order valence-corrected chi connectivity index (χ2v) is 21.5. The number of rotatable bonds is 24. The minimum Gasteiger partial charge on any atom is -0.492 e. The summed E-state index contributed by atoms with van der Waals surface area (Å²) >= 11 is 0. The number of pyridine rings is 1. The number of aromatic nitrogens is 1. The van der Waals surface area contributed by atoms with Gasteiger partial charge in [-0.1, -0.05) is 51.4 Å². The van der Waals surface area contributed by atoms with Crippen molar-refractivity contribution in [3.05, 3.63) is 33.9 Å². The van der Waals surface area contributed by atoms with Crippen molar-refractivity contribution >= 4 is 22.6 Å². The van der Waals surface area contributed by atoms with E-state index in [1.807, 2.05) is 4.57 Å². The number of aliphatic hydroxyl groups excluding tert-OH is 4. The summed E-state index contributed by atoms with van der Waals surface area (Å²) in [6.07, 6.45) is 6.10. The van der Waals surface area contributed by atoms with Gasteiger partial charge in [0.1, 0.15) is 47.9 Å². The van der Waals surface area contributed by atoms with Crippen LogP contribution in [0.3, 0.4) is 0 Å². The highest BCUT2D eigenvalue weighted by Gasteiger charge is 2.51. The molecule has 4 saturated heterocycles. The van der Waals surface area contributed by atoms with Gasteiger partial charge in [0.05, 0.1) is 48.9 Å². The van der Waals surface area contributed by atoms with Crippen molar-refractivity contribution in [2.24, 2.45) is 34.6 Å². The van der Waals surface area contributed by atoms with E-state index in [-0.39, 0.29) is 42.4 Å². The van der Waals surface area contributed by atoms with Crippen LogP contribution in [0.1, 0.15) is 119 Å². The number of anilines is 1. The molecule has 0 radical (unpaired) electrons. The SMILES string of the molecule is COc1c(N2C[C@@H]3CCCN(CCCCCCCCCCCCO[C@@H]4[C@@H](O[C@H]5O[C@H](CO)[C@@H](O)[C@H](N)[C@H]5O)[C@H](N)C[C@H](N)[C@H]4O[C@H]4O[C@H](CN)[C@@H](O)C[C@H]4N)[C@@H]3C2)c(F)cc2c(=O)c(C(=O)O)cn(C3CC3)c12. The number of carboxylic acids is 1. The Balaban J connectivity index is 0.770. The van der Waals surface area contributed by atoms with Gasteiger partial charge in [-0.05, 0) is 76.4 Å². The van der Waals surface area contributed by atoms with E-state index >= 15 is 4.39 Å². The minimum atomic E-state index is -1.43. The van der Waals surface area contributed by atoms with Crippen molar-refractivity contribution in [2.75, 3.05) is 57.9 Å². The largest absolute Gasteiger partial charge is 0.492 e. The first-order chi connectivity index (χ1) is 35.1. The summed E-state index contributed by atoms with van der Waals surface area (Å²) in [7, 11) is 1.49. The zero-order valence-corrected chi connectivity index (χ0v) is 42.3. The van der Waals surface area contributed by atoms with Crippen LogP contribution in [0.25, 0.3) is 10.9 Å². The number of nitrogens with two attached hydrogens (primary N) is 5. The number of fused-ring (bicyclic) bond motifs is 2. The van der Waals surface area contributed by atoms with Crippen molar-refractivity contribution in [1.82, 2.24) is 9.47 Å². The van der Waals surface area contributed by atoms with Crippen molar-refractivity contribution in [1.29, 1.82) is 0 Å². The quantitative estimate of drug-likeness (QED) is 0.0648. The van der Waals surface area contributed by atoms with Crippen LogP contribution in [0, 0.1) is 11.7 Å². The molecule has 22 heteroatoms. The van der Waals surface area contributed by atoms with Gasteiger partial charge < -0.3 is 92.1 Å². The lowest BCUT2D eigenvalue weighted by atomic mass is 9.84. The lowest BCUT2D eigenvalue weighted by Gasteiger charge is -2.49. The molecule has 412 valence electrons. The molecule has 16 atom stereocenters. The molecule has 0 amide bonds. The van der Waals surface area contributed by atoms with Crippen LogP contribution < -0.4 is 43.7 Å². The van der Waals surface area contributed by atoms with E-state index in [9.17, 15) is 35.1 Å². The van der Waals surface area contributed by atoms with E-state index in [1.165, 1.54) is 19.4 Å². The van der Waals surface area contributed by atoms with E-state index < -0.39 is 109 Å². The maximum Gasteiger partial charge on any atom is 0.341 e. The van der Waals surface area contributed by atoms with Crippen LogP contribution in [-0.2, 0) is 23.7 Å². The molecule has 1 aromatic heterocycles. The van der Waals surface area contributed by atoms with Gasteiger partial charge in [0.25, 0.3) is 0 Å². The summed E-state index contributed by atoms with van der Waals surface area (Å²) in [6, 6.07) is -1.57. The van der Waals surface area contributed by atoms with Gasteiger partial charge in [0.2, 0.25) is 5.43 Å². The zero-order chi connectivity index (χ0) is 52.1. The van der Waals surface area contributed by atoms with Crippen molar-refractivity contribution in [2.45, 2.75) is 200 Å². The van der Waals surface area contributed by atoms with Gasteiger partial charge in [0.15, 0.2) is 24.1 Å². The molecule has 6 fully saturated rings. The number of likely N-dealkylation sites (tertiary alicyclic amines) is 1. The maximum absolute atomic E-state index is 16.1. The van der Waals surface area contributed by atoms with Gasteiger partial charge in [0, 0.05) is 56.6 Å². The fourth-order valence-electron chi connectivity index (χ4n) is 12.1. The average molecular weight is 1040 g/mol. The van der Waals surface area contributed by atoms with Crippen LogP contribution in [-0.4, -0.2) is 186 Å². The van der Waals surface area contributed by atoms with E-state index in [1.54, 1.807) is 0 Å². The molecular formula is C51H83FN8O13. The van der Waals surface area contributed by atoms with E-state index in [2.05, 4.69) is 9.80 Å². The molecule has 2 saturated carbocycles. The number of benzene rings is 1. The predicted molar refractivity (Wildman–Crippen MR) is 269 cm³/mol. The van der Waals surface area contributed by atoms with E-state index in [0.717, 1.165) is 103 Å². The lowest BCUT2D eigenvalue weighted by Crippen LogP contribution is -2.68. The Hall–Kier alpha value is -3.17. The summed E-state index contributed by atoms with van der Waals surface area (Å²) in [6.45, 7) is 3.20. The number of hydrogen-bond acceptors (Lipinski definition) is 19. The smallest absolute Gasteiger partial charge is 0.341 e. The third-order valence-corrected chi connectivity index (χ3v) is 16.3. The van der Waals surface area contributed by atoms with Crippen LogP contribution >= 0.6 is 0 Å². The first-order valence-corrected chi connectivity index (χ1v) is 26.9. The monoisotopic (exact) mass is 1030 g/mol. The van der Waals surface area contributed by atoms with Crippen LogP contribution in [0.15, 0.2) is 17.1 Å². The zero-order valence-electron chi connectivity index (χ0n) is 42.3. The first-order valence-electron chi connectivity index (χ1n) is 26.9. The molecule has 2 aliphatic carbocycles. The minimum absolute atomic E-state index is 0.0337. The molecule has 4 aliphatic heterocycles. The third kappa shape index (κ3) is 12.7. The Morgan fingerprint density at radius 3 is 2.10 bits per heavy atom. The van der Waals surface area contributed by atoms with Gasteiger partial charge in [-0.25, -0.2) is 9.18 Å². The Kier molecular flexibility index (Phi) is 19.4. The molecule has 8 rings (SSSR count). The maximum atomic E-state index is 16.1. The number of carbonyl (C=O) groups is 1. The van der Waals surface area contributed by atoms with E-state index in [4.69, 9.17) is 57.1 Å². The molecule has 0 unspecified atom stereocenters. The summed E-state index contributed by atoms with van der Waals surface area (Å²) in [5, 5.41) is 51.4. The van der Waals surface area contributed by atoms with Crippen LogP contribution in [0.2, 0.25) is 0 Å². The number of carboxylic acid groups (broad SMARTS) is 1. The highest BCUT2D eigenvalue weighted by molar-refractivity contribution is 5.97. The number of aliphatic hydroxyl groups is 4. The number of aromatic carboxylic acids is 1. The molecule has 15 N–H and O–H groups in total. The molecule has 73 heavy (non-hydrogen) atoms. The Morgan fingerprint density at radius 1 is 0.822 bits per heavy atom. The standard InChI is InChI=1S/C51H83FN8O13/c1-68-47-40-29(42(63)30(49(66)67)24-60(40)28-14-15-28)19-31(52)41(47)59-23-27-13-12-17-58(35(27)25-59)16-10-8-6-4-2-3-5-7-9-11-18-69-48-45(72-50-34(56)21-36(62)37(22-53)70-50)32(54)20-33(55)46(48)73-51-44(65)39(57)43(64)38(26-61)71-51/h19,24,27-28,32-39,43-46,48,50-51,61-62,64-65H,2-18,20-23,25-26,53-57H2,1H3,(H,66,67)/t27-,32-,33+,34+,35+,36-,37+,38+,39-,43+,44+,45+,46-,48-,50+,51+/m0/s1. The Morgan fingerprint density at radius 2 is 1.47 bits per heavy atom. The third-order valence-electron chi connectivity index (χ3n) is 16.3. The van der Waals surface area contributed by atoms with Gasteiger partial charge >= 0.3 is 5.97 Å². The number of hydrogen-bond donors (Lipinski definition) is 10. The molecule has 5 heterocycles. The summed E-state index contributed by atoms with van der Waals surface area (Å²) in [4.78, 5) is 29.9. The van der Waals surface area contributed by atoms with Crippen LogP contribution in [0.5, 0.6) is 5.75 Å². The van der Waals surface area contributed by atoms with Crippen molar-refractivity contribution in [3.63, 3.8) is 0 Å². The first kappa shape index (κ1) is 56.0. The molecule has 21 nitrogen and oxygen atoms in total. The highest BCUT2D eigenvalue weighted by atomic mass is 19.1. The molecule has 1 aromatic carbocycles. The Labute approximate surface area is 426 Å². The molecule has 2 aromatic rings. The van der Waals surface area contributed by atoms with Gasteiger partial charge in [-0.3, -0.25) is 9.69 Å².